The van der Waals surface area contributed by atoms with Gasteiger partial charge in [0.15, 0.2) is 0 Å². The standard InChI is InChI=1S/4C4H3O.2Li.Mn.4O/c4*1-2-4-5-3-1;;;;;;;/h4*1,3-4H;;;;;;;/q4*-1;2*+1;;;;2*-1. The topological polar surface area (TPSA) is 133 Å². The van der Waals surface area contributed by atoms with Crippen LogP contribution in [0.15, 0.2) is 92.0 Å². The molecular weight excluding hydrogens is 389 g/mol. The van der Waals surface area contributed by atoms with E-state index in [9.17, 15) is 0 Å². The van der Waals surface area contributed by atoms with Crippen LogP contribution in [0.25, 0.3) is 0 Å². The molecule has 0 unspecified atom stereocenters. The predicted octanol–water partition coefficient (Wildman–Crippen LogP) is -4.29. The number of hydrogen-bond donors (Lipinski definition) is 0. The van der Waals surface area contributed by atoms with Gasteiger partial charge in [-0.25, -0.2) is 24.3 Å². The monoisotopic (exact) mass is 401 g/mol. The van der Waals surface area contributed by atoms with Crippen molar-refractivity contribution in [3.05, 3.63) is 98.6 Å². The van der Waals surface area contributed by atoms with Gasteiger partial charge in [-0.05, 0) is 25.1 Å². The Morgan fingerprint density at radius 2 is 0.741 bits per heavy atom. The number of hydrogen-bond acceptors (Lipinski definition) is 8. The van der Waals surface area contributed by atoms with Crippen molar-refractivity contribution in [2.24, 2.45) is 0 Å². The largest absolute Gasteiger partial charge is 0.576 e. The third kappa shape index (κ3) is 36.1. The third-order valence-corrected chi connectivity index (χ3v) is 1.52. The Bertz CT molecular complexity index is 556. The predicted molar refractivity (Wildman–Crippen MR) is 71.5 cm³/mol. The van der Waals surface area contributed by atoms with Gasteiger partial charge in [0.25, 0.3) is 0 Å². The maximum Gasteiger partial charge on any atom is -0.0256 e. The number of rotatable bonds is 0. The fraction of sp³-hybridized carbons (Fsp3) is 0. The summed E-state index contributed by atoms with van der Waals surface area (Å²) in [7, 11) is 0. The smallest absolute Gasteiger partial charge is 0.0256 e. The van der Waals surface area contributed by atoms with Gasteiger partial charge in [-0.3, -0.25) is 0 Å². The van der Waals surface area contributed by atoms with Crippen LogP contribution in [0, 0.1) is 24.3 Å². The minimum absolute atomic E-state index is 0. The second-order valence-electron chi connectivity index (χ2n) is 3.27. The summed E-state index contributed by atoms with van der Waals surface area (Å²) in [4.78, 5) is 0. The molecule has 0 N–H and O–H groups in total. The van der Waals surface area contributed by atoms with E-state index in [1.165, 1.54) is 25.1 Å². The summed E-state index contributed by atoms with van der Waals surface area (Å²) in [5, 5.41) is 0. The number of furan rings is 4. The average Bonchev–Trinajstić information content (AvgIpc) is 3.46. The van der Waals surface area contributed by atoms with Crippen LogP contribution in [0.3, 0.4) is 0 Å². The molecule has 0 saturated heterocycles. The summed E-state index contributed by atoms with van der Waals surface area (Å²) in [6.45, 7) is 0. The van der Waals surface area contributed by atoms with Crippen LogP contribution >= 0.6 is 0 Å². The normalized spacial score (nSPS) is 8.07. The van der Waals surface area contributed by atoms with E-state index in [0.29, 0.717) is 0 Å². The van der Waals surface area contributed by atoms with E-state index in [0.717, 1.165) is 0 Å². The molecule has 0 saturated carbocycles. The molecule has 0 bridgehead atoms. The SMILES string of the molecule is [Li+].[Li+].[O]=[Mn](=[O])([O-])[O-].[c-]1ccoc1.[c-]1ccoc1.[c-]1ccoc1.[c-]1ccoc1. The maximum atomic E-state index is 8.58. The van der Waals surface area contributed by atoms with Crippen LogP contribution in [-0.4, -0.2) is 0 Å². The molecule has 0 aliphatic heterocycles. The summed E-state index contributed by atoms with van der Waals surface area (Å²) in [6.07, 6.45) is 12.3. The molecule has 137 valence electrons. The molecule has 4 rings (SSSR count). The third-order valence-electron chi connectivity index (χ3n) is 1.52. The first kappa shape index (κ1) is 30.1. The zero-order valence-corrected chi connectivity index (χ0v) is 15.8. The second kappa shape index (κ2) is 22.4. The fourth-order valence-corrected chi connectivity index (χ4v) is 0.786. The Morgan fingerprint density at radius 1 is 0.556 bits per heavy atom. The molecule has 27 heavy (non-hydrogen) atoms. The van der Waals surface area contributed by atoms with Crippen molar-refractivity contribution >= 4 is 0 Å². The maximum absolute atomic E-state index is 8.58. The van der Waals surface area contributed by atoms with Crippen LogP contribution in [0.5, 0.6) is 0 Å². The molecule has 4 aromatic heterocycles. The van der Waals surface area contributed by atoms with E-state index in [1.807, 2.05) is 0 Å². The average molecular weight is 401 g/mol. The molecule has 0 radical (unpaired) electrons. The van der Waals surface area contributed by atoms with E-state index >= 15 is 0 Å². The Labute approximate surface area is 182 Å². The molecule has 8 nitrogen and oxygen atoms in total. The van der Waals surface area contributed by atoms with Crippen molar-refractivity contribution in [1.29, 1.82) is 0 Å². The molecule has 4 heterocycles. The van der Waals surface area contributed by atoms with Crippen molar-refractivity contribution in [3.8, 4) is 0 Å². The van der Waals surface area contributed by atoms with Gasteiger partial charge in [0.05, 0.1) is 0 Å². The molecule has 0 fully saturated rings. The van der Waals surface area contributed by atoms with Crippen LogP contribution in [0.1, 0.15) is 0 Å². The first-order chi connectivity index (χ1) is 12.0. The van der Waals surface area contributed by atoms with Crippen molar-refractivity contribution in [1.82, 2.24) is 0 Å². The van der Waals surface area contributed by atoms with Gasteiger partial charge >= 0.3 is 67.1 Å². The second-order valence-corrected chi connectivity index (χ2v) is 4.45. The first-order valence-electron chi connectivity index (χ1n) is 6.15. The van der Waals surface area contributed by atoms with Crippen LogP contribution in [0.4, 0.5) is 0 Å². The molecule has 0 aliphatic carbocycles. The first-order valence-corrected chi connectivity index (χ1v) is 8.07. The Balaban J connectivity index is -0.000000262. The van der Waals surface area contributed by atoms with Crippen LogP contribution < -0.4 is 46.1 Å². The fourth-order valence-electron chi connectivity index (χ4n) is 0.786. The molecule has 0 spiro atoms. The van der Waals surface area contributed by atoms with Crippen LogP contribution in [0.2, 0.25) is 0 Å². The zero-order chi connectivity index (χ0) is 18.6. The Kier molecular flexibility index (Phi) is 25.0. The molecule has 4 aromatic rings. The minimum Gasteiger partial charge on any atom is -0.576 e. The van der Waals surface area contributed by atoms with Crippen molar-refractivity contribution in [2.75, 3.05) is 0 Å². The van der Waals surface area contributed by atoms with E-state index in [-0.39, 0.29) is 37.7 Å². The van der Waals surface area contributed by atoms with Gasteiger partial charge in [-0.1, -0.05) is 25.1 Å². The van der Waals surface area contributed by atoms with Gasteiger partial charge in [0.2, 0.25) is 0 Å². The Morgan fingerprint density at radius 3 is 0.778 bits per heavy atom. The minimum atomic E-state index is -5.62. The molecule has 0 aliphatic rings. The molecule has 11 heteroatoms. The Hall–Kier alpha value is -1.65. The van der Waals surface area contributed by atoms with Gasteiger partial charge in [0, 0.05) is 0 Å². The summed E-state index contributed by atoms with van der Waals surface area (Å²) >= 11 is -5.62. The van der Waals surface area contributed by atoms with Gasteiger partial charge in [0.1, 0.15) is 0 Å². The van der Waals surface area contributed by atoms with E-state index in [2.05, 4.69) is 41.9 Å². The molecule has 0 atom stereocenters. The van der Waals surface area contributed by atoms with Crippen molar-refractivity contribution < 1.29 is 84.8 Å². The molecule has 0 aromatic carbocycles. The van der Waals surface area contributed by atoms with Crippen LogP contribution in [-0.2, 0) is 21.0 Å². The van der Waals surface area contributed by atoms with E-state index < -0.39 is 13.4 Å². The van der Waals surface area contributed by atoms with Crippen molar-refractivity contribution in [3.63, 3.8) is 0 Å². The summed E-state index contributed by atoms with van der Waals surface area (Å²) in [5.41, 5.74) is 0. The van der Waals surface area contributed by atoms with Gasteiger partial charge < -0.3 is 17.7 Å². The summed E-state index contributed by atoms with van der Waals surface area (Å²) in [5.74, 6) is 0. The van der Waals surface area contributed by atoms with Gasteiger partial charge in [-0.2, -0.15) is 24.3 Å². The van der Waals surface area contributed by atoms with Gasteiger partial charge in [-0.15, -0.1) is 0 Å². The molecule has 0 amide bonds. The van der Waals surface area contributed by atoms with E-state index in [1.54, 1.807) is 49.3 Å². The molecular formula is C16H12Li2MnO8-4. The summed E-state index contributed by atoms with van der Waals surface area (Å²) < 4.78 is 52.4. The summed E-state index contributed by atoms with van der Waals surface area (Å²) in [6, 6.07) is 17.6. The van der Waals surface area contributed by atoms with E-state index in [4.69, 9.17) is 16.0 Å². The quantitative estimate of drug-likeness (QED) is 0.214. The van der Waals surface area contributed by atoms with Crippen molar-refractivity contribution in [2.45, 2.75) is 0 Å². The zero-order valence-electron chi connectivity index (χ0n) is 14.6.